The van der Waals surface area contributed by atoms with Gasteiger partial charge in [-0.3, -0.25) is 9.59 Å². The fraction of sp³-hybridized carbons (Fsp3) is 0.269. The van der Waals surface area contributed by atoms with Crippen LogP contribution < -0.4 is 15.8 Å². The molecule has 0 unspecified atom stereocenters. The van der Waals surface area contributed by atoms with Gasteiger partial charge in [0.2, 0.25) is 5.91 Å². The lowest BCUT2D eigenvalue weighted by Crippen LogP contribution is -2.33. The number of halogens is 1. The van der Waals surface area contributed by atoms with Crippen LogP contribution in [-0.4, -0.2) is 55.6 Å². The monoisotopic (exact) mass is 526 g/mol. The number of hydrogen-bond donors (Lipinski definition) is 2. The molecule has 0 spiro atoms. The molecule has 194 valence electrons. The summed E-state index contributed by atoms with van der Waals surface area (Å²) in [5, 5.41) is 2.39. The van der Waals surface area contributed by atoms with E-state index in [0.717, 1.165) is 22.8 Å². The second kappa shape index (κ2) is 10.6. The van der Waals surface area contributed by atoms with E-state index in [2.05, 4.69) is 10.3 Å². The summed E-state index contributed by atoms with van der Waals surface area (Å²) in [5.74, 6) is -1.19. The van der Waals surface area contributed by atoms with Crippen molar-refractivity contribution in [2.75, 3.05) is 31.2 Å². The molecule has 0 saturated carbocycles. The Morgan fingerprint density at radius 2 is 1.92 bits per heavy atom. The zero-order chi connectivity index (χ0) is 26.7. The molecule has 3 aromatic rings. The van der Waals surface area contributed by atoms with Crippen molar-refractivity contribution < 1.29 is 27.1 Å². The number of amides is 2. The maximum absolute atomic E-state index is 15.2. The first-order valence-corrected chi connectivity index (χ1v) is 13.3. The second-order valence-electron chi connectivity index (χ2n) is 8.72. The van der Waals surface area contributed by atoms with Crippen molar-refractivity contribution in [1.82, 2.24) is 15.2 Å². The smallest absolute Gasteiger partial charge is 0.254 e. The number of nitrogens with zero attached hydrogens (tertiary/aromatic N) is 2. The Morgan fingerprint density at radius 1 is 1.16 bits per heavy atom. The molecule has 0 aliphatic carbocycles. The number of hydrogen-bond acceptors (Lipinski definition) is 7. The van der Waals surface area contributed by atoms with Gasteiger partial charge in [-0.2, -0.15) is 0 Å². The van der Waals surface area contributed by atoms with Gasteiger partial charge >= 0.3 is 0 Å². The highest BCUT2D eigenvalue weighted by atomic mass is 32.2. The molecule has 3 N–H and O–H groups in total. The van der Waals surface area contributed by atoms with E-state index in [1.54, 1.807) is 17.2 Å². The van der Waals surface area contributed by atoms with E-state index in [1.807, 2.05) is 24.3 Å². The number of rotatable bonds is 6. The molecule has 0 atom stereocenters. The highest BCUT2D eigenvalue weighted by Gasteiger charge is 2.27. The summed E-state index contributed by atoms with van der Waals surface area (Å²) in [6.07, 6.45) is 1.66. The fourth-order valence-corrected chi connectivity index (χ4v) is 5.39. The van der Waals surface area contributed by atoms with E-state index in [-0.39, 0.29) is 43.3 Å². The lowest BCUT2D eigenvalue weighted by Gasteiger charge is -2.22. The number of carbonyl (C=O) groups is 2. The molecule has 2 amide bonds. The van der Waals surface area contributed by atoms with Crippen LogP contribution in [0.1, 0.15) is 28.4 Å². The number of aromatic nitrogens is 1. The van der Waals surface area contributed by atoms with Crippen LogP contribution in [0.4, 0.5) is 10.2 Å². The Kier molecular flexibility index (Phi) is 7.44. The summed E-state index contributed by atoms with van der Waals surface area (Å²) < 4.78 is 46.2. The van der Waals surface area contributed by atoms with Crippen molar-refractivity contribution in [1.29, 1.82) is 0 Å². The molecule has 1 aliphatic rings. The molecule has 0 fully saturated rings. The first-order valence-electron chi connectivity index (χ1n) is 11.6. The lowest BCUT2D eigenvalue weighted by molar-refractivity contribution is -0.118. The van der Waals surface area contributed by atoms with Crippen LogP contribution in [0.3, 0.4) is 0 Å². The van der Waals surface area contributed by atoms with Crippen molar-refractivity contribution >= 4 is 27.5 Å². The third kappa shape index (κ3) is 5.72. The molecular weight excluding hydrogens is 499 g/mol. The maximum atomic E-state index is 15.2. The van der Waals surface area contributed by atoms with E-state index in [9.17, 15) is 18.0 Å². The quantitative estimate of drug-likeness (QED) is 0.505. The summed E-state index contributed by atoms with van der Waals surface area (Å²) >= 11 is 0. The SMILES string of the molecule is CC(=O)NCCS(=O)(=O)c1ccc(C(=O)N2CCOc3ccc(-c4ccc(N)nc4)cc3C2)c(C)c1F. The van der Waals surface area contributed by atoms with E-state index in [1.165, 1.54) is 19.9 Å². The topological polar surface area (TPSA) is 132 Å². The van der Waals surface area contributed by atoms with Crippen molar-refractivity contribution in [3.8, 4) is 16.9 Å². The number of nitrogen functional groups attached to an aromatic ring is 1. The van der Waals surface area contributed by atoms with Crippen molar-refractivity contribution in [3.05, 3.63) is 71.2 Å². The first kappa shape index (κ1) is 26.1. The third-order valence-electron chi connectivity index (χ3n) is 6.11. The van der Waals surface area contributed by atoms with Crippen molar-refractivity contribution in [3.63, 3.8) is 0 Å². The van der Waals surface area contributed by atoms with Gasteiger partial charge in [-0.15, -0.1) is 0 Å². The number of ether oxygens (including phenoxy) is 1. The van der Waals surface area contributed by atoms with Crippen LogP contribution in [-0.2, 0) is 21.2 Å². The van der Waals surface area contributed by atoms with Gasteiger partial charge in [-0.05, 0) is 54.4 Å². The third-order valence-corrected chi connectivity index (χ3v) is 7.84. The summed E-state index contributed by atoms with van der Waals surface area (Å²) in [7, 11) is -4.00. The molecule has 9 nitrogen and oxygen atoms in total. The number of carbonyl (C=O) groups excluding carboxylic acids is 2. The summed E-state index contributed by atoms with van der Waals surface area (Å²) in [6, 6.07) is 11.6. The lowest BCUT2D eigenvalue weighted by atomic mass is 10.0. The predicted octanol–water partition coefficient (Wildman–Crippen LogP) is 2.72. The molecule has 37 heavy (non-hydrogen) atoms. The van der Waals surface area contributed by atoms with Crippen molar-refractivity contribution in [2.45, 2.75) is 25.3 Å². The second-order valence-corrected chi connectivity index (χ2v) is 10.8. The summed E-state index contributed by atoms with van der Waals surface area (Å²) in [4.78, 5) is 29.6. The van der Waals surface area contributed by atoms with Crippen molar-refractivity contribution in [2.24, 2.45) is 0 Å². The molecule has 1 aliphatic heterocycles. The Labute approximate surface area is 214 Å². The number of fused-ring (bicyclic) bond motifs is 1. The summed E-state index contributed by atoms with van der Waals surface area (Å²) in [5.41, 5.74) is 8.20. The molecule has 2 heterocycles. The van der Waals surface area contributed by atoms with Gasteiger partial charge in [-0.1, -0.05) is 6.07 Å². The van der Waals surface area contributed by atoms with Crippen LogP contribution >= 0.6 is 0 Å². The Bertz CT molecular complexity index is 1460. The van der Waals surface area contributed by atoms with Crippen LogP contribution in [0, 0.1) is 12.7 Å². The fourth-order valence-electron chi connectivity index (χ4n) is 4.10. The van der Waals surface area contributed by atoms with E-state index < -0.39 is 32.2 Å². The maximum Gasteiger partial charge on any atom is 0.254 e. The average molecular weight is 527 g/mol. The zero-order valence-corrected chi connectivity index (χ0v) is 21.3. The molecule has 0 saturated heterocycles. The Balaban J connectivity index is 1.58. The van der Waals surface area contributed by atoms with Crippen LogP contribution in [0.25, 0.3) is 11.1 Å². The highest BCUT2D eigenvalue weighted by molar-refractivity contribution is 7.91. The number of nitrogens with one attached hydrogen (secondary N) is 1. The number of benzene rings is 2. The molecular formula is C26H27FN4O5S. The van der Waals surface area contributed by atoms with Gasteiger partial charge in [0, 0.05) is 42.9 Å². The van der Waals surface area contributed by atoms with Crippen LogP contribution in [0.2, 0.25) is 0 Å². The zero-order valence-electron chi connectivity index (χ0n) is 20.5. The van der Waals surface area contributed by atoms with E-state index in [0.29, 0.717) is 11.6 Å². The minimum Gasteiger partial charge on any atom is -0.491 e. The van der Waals surface area contributed by atoms with Crippen LogP contribution in [0.15, 0.2) is 53.6 Å². The minimum atomic E-state index is -4.00. The molecule has 4 rings (SSSR count). The predicted molar refractivity (Wildman–Crippen MR) is 136 cm³/mol. The largest absolute Gasteiger partial charge is 0.491 e. The van der Waals surface area contributed by atoms with Gasteiger partial charge in [0.15, 0.2) is 9.84 Å². The molecule has 11 heteroatoms. The normalized spacial score (nSPS) is 13.3. The number of sulfone groups is 1. The van der Waals surface area contributed by atoms with Crippen LogP contribution in [0.5, 0.6) is 5.75 Å². The van der Waals surface area contributed by atoms with E-state index in [4.69, 9.17) is 10.5 Å². The number of pyridine rings is 1. The number of nitrogens with two attached hydrogens (primary N) is 1. The van der Waals surface area contributed by atoms with Gasteiger partial charge in [-0.25, -0.2) is 17.8 Å². The van der Waals surface area contributed by atoms with Gasteiger partial charge in [0.05, 0.1) is 12.3 Å². The molecule has 1 aromatic heterocycles. The minimum absolute atomic E-state index is 0.0577. The molecule has 0 radical (unpaired) electrons. The van der Waals surface area contributed by atoms with E-state index >= 15 is 4.39 Å². The standard InChI is InChI=1S/C26H27FN4O5S/c1-16-21(5-7-23(25(16)27)37(34,35)12-9-29-17(2)32)26(33)31-10-11-36-22-6-3-18(13-20(22)15-31)19-4-8-24(28)30-14-19/h3-8,13-14H,9-12,15H2,1-2H3,(H2,28,30)(H,29,32). The summed E-state index contributed by atoms with van der Waals surface area (Å²) in [6.45, 7) is 3.24. The van der Waals surface area contributed by atoms with Gasteiger partial charge in [0.1, 0.15) is 28.9 Å². The van der Waals surface area contributed by atoms with Gasteiger partial charge < -0.3 is 20.7 Å². The number of anilines is 1. The average Bonchev–Trinajstić information content (AvgIpc) is 3.07. The molecule has 0 bridgehead atoms. The van der Waals surface area contributed by atoms with Gasteiger partial charge in [0.25, 0.3) is 5.91 Å². The first-order chi connectivity index (χ1) is 17.6. The highest BCUT2D eigenvalue weighted by Crippen LogP contribution is 2.30. The molecule has 2 aromatic carbocycles. The Morgan fingerprint density at radius 3 is 2.62 bits per heavy atom. The Hall–Kier alpha value is -3.99.